The van der Waals surface area contributed by atoms with Gasteiger partial charge in [0.05, 0.1) is 16.9 Å². The molecule has 0 radical (unpaired) electrons. The molecule has 2 unspecified atom stereocenters. The van der Waals surface area contributed by atoms with Gasteiger partial charge in [-0.15, -0.1) is 11.3 Å². The van der Waals surface area contributed by atoms with Crippen LogP contribution in [0.4, 0.5) is 11.4 Å². The second kappa shape index (κ2) is 8.28. The molecule has 1 amide bonds. The summed E-state index contributed by atoms with van der Waals surface area (Å²) in [6.45, 7) is 4.09. The minimum absolute atomic E-state index is 0.0301. The largest absolute Gasteiger partial charge is 0.397 e. The Balaban J connectivity index is 1.21. The number of carbonyl (C=O) groups excluding carboxylic acids is 1. The standard InChI is InChI=1S/C27H29N5OS/c1-15-2-7-22-24(29)25(34-27(22)30-15)26(33)31-21-6-5-18-11-23(20(12-28)9-19(18)10-21)32-13-16-3-4-17(8-16)14-32/h2,7,9,11,16-17,21H,3-6,8,10,13-14,29H2,1H3,(H,31,33)/t16?,17?,21-/m0/s1. The second-order valence-corrected chi connectivity index (χ2v) is 11.3. The van der Waals surface area contributed by atoms with E-state index in [4.69, 9.17) is 5.73 Å². The molecule has 1 saturated heterocycles. The predicted molar refractivity (Wildman–Crippen MR) is 136 cm³/mol. The number of rotatable bonds is 3. The zero-order chi connectivity index (χ0) is 23.4. The summed E-state index contributed by atoms with van der Waals surface area (Å²) in [5.74, 6) is 1.43. The first-order valence-corrected chi connectivity index (χ1v) is 13.1. The zero-order valence-corrected chi connectivity index (χ0v) is 20.3. The molecule has 2 aromatic heterocycles. The zero-order valence-electron chi connectivity index (χ0n) is 19.4. The maximum absolute atomic E-state index is 13.1. The molecule has 3 aliphatic rings. The van der Waals surface area contributed by atoms with Gasteiger partial charge in [0.15, 0.2) is 0 Å². The predicted octanol–water partition coefficient (Wildman–Crippen LogP) is 4.58. The number of anilines is 2. The van der Waals surface area contributed by atoms with Crippen molar-refractivity contribution in [2.24, 2.45) is 11.8 Å². The Morgan fingerprint density at radius 2 is 2.00 bits per heavy atom. The average molecular weight is 472 g/mol. The molecule has 174 valence electrons. The van der Waals surface area contributed by atoms with Gasteiger partial charge in [-0.1, -0.05) is 0 Å². The number of benzene rings is 1. The monoisotopic (exact) mass is 471 g/mol. The molecule has 3 atom stereocenters. The quantitative estimate of drug-likeness (QED) is 0.583. The van der Waals surface area contributed by atoms with Gasteiger partial charge in [0.1, 0.15) is 15.8 Å². The lowest BCUT2D eigenvalue weighted by Crippen LogP contribution is -2.39. The molecule has 2 aliphatic carbocycles. The lowest BCUT2D eigenvalue weighted by Gasteiger charge is -2.35. The van der Waals surface area contributed by atoms with E-state index >= 15 is 0 Å². The number of nitrogens with zero attached hydrogens (tertiary/aromatic N) is 3. The summed E-state index contributed by atoms with van der Waals surface area (Å²) < 4.78 is 0. The molecule has 1 aromatic carbocycles. The smallest absolute Gasteiger partial charge is 0.263 e. The third-order valence-corrected chi connectivity index (χ3v) is 9.00. The Morgan fingerprint density at radius 1 is 1.21 bits per heavy atom. The molecule has 0 spiro atoms. The maximum Gasteiger partial charge on any atom is 0.263 e. The van der Waals surface area contributed by atoms with E-state index in [9.17, 15) is 10.1 Å². The molecule has 3 aromatic rings. The second-order valence-electron chi connectivity index (χ2n) is 10.3. The van der Waals surface area contributed by atoms with Crippen molar-refractivity contribution in [2.75, 3.05) is 23.7 Å². The molecule has 1 saturated carbocycles. The Hall–Kier alpha value is -3.11. The van der Waals surface area contributed by atoms with Gasteiger partial charge >= 0.3 is 0 Å². The van der Waals surface area contributed by atoms with Gasteiger partial charge in [-0.05, 0) is 92.7 Å². The van der Waals surface area contributed by atoms with E-state index < -0.39 is 0 Å². The number of nitrogens with two attached hydrogens (primary N) is 1. The minimum Gasteiger partial charge on any atom is -0.397 e. The highest BCUT2D eigenvalue weighted by atomic mass is 32.1. The number of nitriles is 1. The van der Waals surface area contributed by atoms with Crippen LogP contribution < -0.4 is 16.0 Å². The van der Waals surface area contributed by atoms with Gasteiger partial charge < -0.3 is 16.0 Å². The van der Waals surface area contributed by atoms with Crippen LogP contribution in [-0.2, 0) is 12.8 Å². The topological polar surface area (TPSA) is 95.0 Å². The van der Waals surface area contributed by atoms with E-state index in [1.807, 2.05) is 19.1 Å². The van der Waals surface area contributed by atoms with Crippen molar-refractivity contribution in [3.63, 3.8) is 0 Å². The van der Waals surface area contributed by atoms with Gasteiger partial charge in [0, 0.05) is 30.2 Å². The number of aryl methyl sites for hydroxylation is 2. The van der Waals surface area contributed by atoms with Crippen molar-refractivity contribution in [1.82, 2.24) is 10.3 Å². The number of carbonyl (C=O) groups is 1. The van der Waals surface area contributed by atoms with Crippen molar-refractivity contribution in [2.45, 2.75) is 51.5 Å². The van der Waals surface area contributed by atoms with Crippen LogP contribution in [0.1, 0.15) is 57.7 Å². The van der Waals surface area contributed by atoms with E-state index in [0.29, 0.717) is 10.6 Å². The number of aromatic nitrogens is 1. The minimum atomic E-state index is -0.132. The highest BCUT2D eigenvalue weighted by molar-refractivity contribution is 7.21. The van der Waals surface area contributed by atoms with Crippen LogP contribution in [0, 0.1) is 30.1 Å². The SMILES string of the molecule is Cc1ccc2c(N)c(C(=O)N[C@H]3CCc4cc(N5CC6CCC(C6)C5)c(C#N)cc4C3)sc2n1. The van der Waals surface area contributed by atoms with Crippen LogP contribution in [0.5, 0.6) is 0 Å². The summed E-state index contributed by atoms with van der Waals surface area (Å²) in [6, 6.07) is 10.7. The van der Waals surface area contributed by atoms with Gasteiger partial charge in [-0.25, -0.2) is 4.98 Å². The van der Waals surface area contributed by atoms with Crippen molar-refractivity contribution < 1.29 is 4.79 Å². The summed E-state index contributed by atoms with van der Waals surface area (Å²) in [4.78, 5) is 21.4. The number of amides is 1. The normalized spacial score (nSPS) is 23.5. The average Bonchev–Trinajstić information content (AvgIpc) is 3.35. The number of pyridine rings is 1. The van der Waals surface area contributed by atoms with Crippen molar-refractivity contribution >= 4 is 38.8 Å². The lowest BCUT2D eigenvalue weighted by molar-refractivity contribution is 0.0938. The first-order chi connectivity index (χ1) is 16.5. The number of hydrogen-bond donors (Lipinski definition) is 2. The van der Waals surface area contributed by atoms with Gasteiger partial charge in [0.2, 0.25) is 0 Å². The molecule has 3 heterocycles. The number of hydrogen-bond acceptors (Lipinski definition) is 6. The van der Waals surface area contributed by atoms with Crippen LogP contribution >= 0.6 is 11.3 Å². The number of thiophene rings is 1. The van der Waals surface area contributed by atoms with Crippen LogP contribution in [0.2, 0.25) is 0 Å². The molecular formula is C27H29N5OS. The van der Waals surface area contributed by atoms with Gasteiger partial charge in [0.25, 0.3) is 5.91 Å². The Bertz CT molecular complexity index is 1330. The lowest BCUT2D eigenvalue weighted by atomic mass is 9.86. The fourth-order valence-corrected chi connectivity index (χ4v) is 7.23. The van der Waals surface area contributed by atoms with E-state index in [0.717, 1.165) is 71.3 Å². The first kappa shape index (κ1) is 21.4. The van der Waals surface area contributed by atoms with E-state index in [2.05, 4.69) is 33.4 Å². The summed E-state index contributed by atoms with van der Waals surface area (Å²) in [7, 11) is 0. The van der Waals surface area contributed by atoms with E-state index in [1.165, 1.54) is 41.7 Å². The first-order valence-electron chi connectivity index (χ1n) is 12.3. The van der Waals surface area contributed by atoms with Crippen LogP contribution in [0.25, 0.3) is 10.2 Å². The Labute approximate surface area is 203 Å². The molecular weight excluding hydrogens is 442 g/mol. The van der Waals surface area contributed by atoms with Crippen LogP contribution in [0.3, 0.4) is 0 Å². The summed E-state index contributed by atoms with van der Waals surface area (Å²) in [5, 5.41) is 14.0. The molecule has 2 bridgehead atoms. The van der Waals surface area contributed by atoms with E-state index in [-0.39, 0.29) is 11.9 Å². The Kier molecular flexibility index (Phi) is 5.22. The van der Waals surface area contributed by atoms with Gasteiger partial charge in [-0.2, -0.15) is 5.26 Å². The molecule has 2 fully saturated rings. The number of nitrogen functional groups attached to an aromatic ring is 1. The molecule has 6 rings (SSSR count). The number of piperidine rings is 1. The molecule has 3 N–H and O–H groups in total. The third-order valence-electron chi connectivity index (χ3n) is 7.89. The summed E-state index contributed by atoms with van der Waals surface area (Å²) in [6.07, 6.45) is 6.54. The summed E-state index contributed by atoms with van der Waals surface area (Å²) in [5.41, 5.74) is 12.1. The molecule has 34 heavy (non-hydrogen) atoms. The fraction of sp³-hybridized carbons (Fsp3) is 0.444. The van der Waals surface area contributed by atoms with Gasteiger partial charge in [-0.3, -0.25) is 4.79 Å². The molecule has 7 heteroatoms. The van der Waals surface area contributed by atoms with Crippen molar-refractivity contribution in [3.05, 3.63) is 51.5 Å². The Morgan fingerprint density at radius 3 is 2.76 bits per heavy atom. The number of nitrogens with one attached hydrogen (secondary N) is 1. The molecule has 1 aliphatic heterocycles. The van der Waals surface area contributed by atoms with Crippen molar-refractivity contribution in [1.29, 1.82) is 5.26 Å². The third kappa shape index (κ3) is 3.70. The van der Waals surface area contributed by atoms with Crippen LogP contribution in [0.15, 0.2) is 24.3 Å². The highest BCUT2D eigenvalue weighted by Crippen LogP contribution is 2.40. The maximum atomic E-state index is 13.1. The molecule has 6 nitrogen and oxygen atoms in total. The van der Waals surface area contributed by atoms with Crippen molar-refractivity contribution in [3.8, 4) is 6.07 Å². The highest BCUT2D eigenvalue weighted by Gasteiger charge is 2.34. The summed E-state index contributed by atoms with van der Waals surface area (Å²) >= 11 is 1.35. The van der Waals surface area contributed by atoms with Crippen LogP contribution in [-0.4, -0.2) is 30.0 Å². The number of fused-ring (bicyclic) bond motifs is 4. The fourth-order valence-electron chi connectivity index (χ4n) is 6.18. The van der Waals surface area contributed by atoms with E-state index in [1.54, 1.807) is 0 Å².